The molecule has 0 aliphatic heterocycles. The molecule has 1 aromatic rings. The van der Waals surface area contributed by atoms with E-state index in [1.165, 1.54) is 37.5 Å². The summed E-state index contributed by atoms with van der Waals surface area (Å²) in [5.41, 5.74) is -0.0726. The Morgan fingerprint density at radius 2 is 2.04 bits per heavy atom. The van der Waals surface area contributed by atoms with E-state index >= 15 is 0 Å². The van der Waals surface area contributed by atoms with Gasteiger partial charge in [-0.2, -0.15) is 8.78 Å². The highest BCUT2D eigenvalue weighted by atomic mass is 19.3. The van der Waals surface area contributed by atoms with Crippen molar-refractivity contribution in [2.75, 3.05) is 7.11 Å². The van der Waals surface area contributed by atoms with E-state index < -0.39 is 12.2 Å². The van der Waals surface area contributed by atoms with Gasteiger partial charge in [0.15, 0.2) is 11.5 Å². The molecule has 1 aromatic carbocycles. The second-order valence-corrected chi connectivity index (χ2v) is 5.04. The molecule has 0 spiro atoms. The zero-order valence-electron chi connectivity index (χ0n) is 13.9. The number of benzene rings is 1. The largest absolute Gasteiger partial charge is 0.493 e. The number of terminal acetylenes is 1. The lowest BCUT2D eigenvalue weighted by molar-refractivity contribution is -0.117. The summed E-state index contributed by atoms with van der Waals surface area (Å²) in [7, 11) is 1.34. The van der Waals surface area contributed by atoms with Gasteiger partial charge in [-0.15, -0.1) is 6.42 Å². The monoisotopic (exact) mass is 337 g/mol. The van der Waals surface area contributed by atoms with Crippen LogP contribution >= 0.6 is 0 Å². The van der Waals surface area contributed by atoms with Crippen LogP contribution in [0, 0.1) is 12.3 Å². The Hall–Kier alpha value is -2.55. The SMILES string of the molecule is C#CC(CC)(CC)NC(=O)/C=C/c1ccc(OC(F)F)c(OC)c1. The number of nitrogens with one attached hydrogen (secondary N) is 1. The normalized spacial score (nSPS) is 11.4. The molecule has 1 rings (SSSR count). The highest BCUT2D eigenvalue weighted by molar-refractivity contribution is 5.92. The van der Waals surface area contributed by atoms with Crippen LogP contribution in [0.15, 0.2) is 24.3 Å². The van der Waals surface area contributed by atoms with Gasteiger partial charge in [0.25, 0.3) is 0 Å². The van der Waals surface area contributed by atoms with Gasteiger partial charge in [0.05, 0.1) is 7.11 Å². The minimum Gasteiger partial charge on any atom is -0.493 e. The molecule has 0 fully saturated rings. The van der Waals surface area contributed by atoms with Crippen molar-refractivity contribution in [1.29, 1.82) is 0 Å². The minimum absolute atomic E-state index is 0.0718. The fourth-order valence-electron chi connectivity index (χ4n) is 2.10. The van der Waals surface area contributed by atoms with Gasteiger partial charge in [0, 0.05) is 6.08 Å². The molecule has 1 N–H and O–H groups in total. The molecule has 0 heterocycles. The molecule has 4 nitrogen and oxygen atoms in total. The van der Waals surface area contributed by atoms with Crippen molar-refractivity contribution in [2.45, 2.75) is 38.8 Å². The topological polar surface area (TPSA) is 47.6 Å². The van der Waals surface area contributed by atoms with E-state index in [2.05, 4.69) is 16.0 Å². The van der Waals surface area contributed by atoms with E-state index in [4.69, 9.17) is 11.2 Å². The molecule has 0 atom stereocenters. The number of hydrogen-bond donors (Lipinski definition) is 1. The number of carbonyl (C=O) groups is 1. The smallest absolute Gasteiger partial charge is 0.387 e. The van der Waals surface area contributed by atoms with Crippen LogP contribution in [0.1, 0.15) is 32.3 Å². The van der Waals surface area contributed by atoms with Gasteiger partial charge in [0.1, 0.15) is 5.54 Å². The second kappa shape index (κ2) is 8.92. The summed E-state index contributed by atoms with van der Waals surface area (Å²) < 4.78 is 33.9. The van der Waals surface area contributed by atoms with Crippen molar-refractivity contribution in [2.24, 2.45) is 0 Å². The standard InChI is InChI=1S/C18H21F2NO3/c1-5-18(6-2,7-3)21-16(22)11-9-13-8-10-14(24-17(19)20)15(12-13)23-4/h1,8-12,17H,6-7H2,2-4H3,(H,21,22)/b11-9+. The van der Waals surface area contributed by atoms with E-state index in [1.54, 1.807) is 0 Å². The number of amides is 1. The first-order valence-corrected chi connectivity index (χ1v) is 7.50. The van der Waals surface area contributed by atoms with Crippen LogP contribution in [-0.4, -0.2) is 25.2 Å². The molecule has 24 heavy (non-hydrogen) atoms. The Bertz CT molecular complexity index is 632. The Kier molecular flexibility index (Phi) is 7.25. The molecule has 130 valence electrons. The summed E-state index contributed by atoms with van der Waals surface area (Å²) in [5, 5.41) is 2.80. The number of alkyl halides is 2. The number of ether oxygens (including phenoxy) is 2. The first-order valence-electron chi connectivity index (χ1n) is 7.50. The lowest BCUT2D eigenvalue weighted by Gasteiger charge is -2.26. The van der Waals surface area contributed by atoms with E-state index in [0.29, 0.717) is 18.4 Å². The minimum atomic E-state index is -2.94. The predicted octanol–water partition coefficient (Wildman–Crippen LogP) is 3.62. The first kappa shape index (κ1) is 19.5. The second-order valence-electron chi connectivity index (χ2n) is 5.04. The molecule has 0 unspecified atom stereocenters. The summed E-state index contributed by atoms with van der Waals surface area (Å²) in [5.74, 6) is 2.36. The lowest BCUT2D eigenvalue weighted by Crippen LogP contribution is -2.45. The molecule has 0 aliphatic rings. The number of carbonyl (C=O) groups excluding carboxylic acids is 1. The van der Waals surface area contributed by atoms with Crippen molar-refractivity contribution in [3.63, 3.8) is 0 Å². The highest BCUT2D eigenvalue weighted by Gasteiger charge is 2.24. The number of rotatable bonds is 8. The van der Waals surface area contributed by atoms with Gasteiger partial charge < -0.3 is 14.8 Å². The van der Waals surface area contributed by atoms with E-state index in [9.17, 15) is 13.6 Å². The van der Waals surface area contributed by atoms with Crippen molar-refractivity contribution in [3.8, 4) is 23.8 Å². The first-order chi connectivity index (χ1) is 11.4. The maximum Gasteiger partial charge on any atom is 0.387 e. The Labute approximate surface area is 140 Å². The molecule has 0 saturated heterocycles. The Balaban J connectivity index is 2.87. The summed E-state index contributed by atoms with van der Waals surface area (Å²) in [6, 6.07) is 4.39. The highest BCUT2D eigenvalue weighted by Crippen LogP contribution is 2.29. The maximum atomic E-state index is 12.3. The third-order valence-corrected chi connectivity index (χ3v) is 3.68. The fraction of sp³-hybridized carbons (Fsp3) is 0.389. The maximum absolute atomic E-state index is 12.3. The van der Waals surface area contributed by atoms with Crippen LogP contribution < -0.4 is 14.8 Å². The molecular weight excluding hydrogens is 316 g/mol. The van der Waals surface area contributed by atoms with Gasteiger partial charge in [-0.1, -0.05) is 25.8 Å². The summed E-state index contributed by atoms with van der Waals surface area (Å²) in [6.45, 7) is 0.867. The Morgan fingerprint density at radius 3 is 2.54 bits per heavy atom. The third kappa shape index (κ3) is 5.27. The summed E-state index contributed by atoms with van der Waals surface area (Å²) in [6.07, 6.45) is 9.61. The van der Waals surface area contributed by atoms with Gasteiger partial charge in [0.2, 0.25) is 5.91 Å². The van der Waals surface area contributed by atoms with E-state index in [1.807, 2.05) is 13.8 Å². The van der Waals surface area contributed by atoms with Crippen LogP contribution in [0.3, 0.4) is 0 Å². The van der Waals surface area contributed by atoms with Crippen LogP contribution in [0.5, 0.6) is 11.5 Å². The van der Waals surface area contributed by atoms with Crippen molar-refractivity contribution in [3.05, 3.63) is 29.8 Å². The predicted molar refractivity (Wildman–Crippen MR) is 88.9 cm³/mol. The van der Waals surface area contributed by atoms with Crippen LogP contribution in [0.4, 0.5) is 8.78 Å². The molecule has 0 saturated carbocycles. The molecule has 0 aliphatic carbocycles. The van der Waals surface area contributed by atoms with E-state index in [-0.39, 0.29) is 17.4 Å². The molecule has 0 radical (unpaired) electrons. The quantitative estimate of drug-likeness (QED) is 0.582. The summed E-state index contributed by atoms with van der Waals surface area (Å²) >= 11 is 0. The average Bonchev–Trinajstić information content (AvgIpc) is 2.58. The van der Waals surface area contributed by atoms with Crippen LogP contribution in [0.2, 0.25) is 0 Å². The number of hydrogen-bond acceptors (Lipinski definition) is 3. The van der Waals surface area contributed by atoms with Crippen molar-refractivity contribution >= 4 is 12.0 Å². The molecular formula is C18H21F2NO3. The average molecular weight is 337 g/mol. The van der Waals surface area contributed by atoms with Crippen LogP contribution in [-0.2, 0) is 4.79 Å². The Morgan fingerprint density at radius 1 is 1.38 bits per heavy atom. The van der Waals surface area contributed by atoms with E-state index in [0.717, 1.165) is 0 Å². The van der Waals surface area contributed by atoms with Crippen molar-refractivity contribution in [1.82, 2.24) is 5.32 Å². The van der Waals surface area contributed by atoms with Gasteiger partial charge in [-0.3, -0.25) is 4.79 Å². The third-order valence-electron chi connectivity index (χ3n) is 3.68. The molecule has 0 aromatic heterocycles. The fourth-order valence-corrected chi connectivity index (χ4v) is 2.10. The zero-order chi connectivity index (χ0) is 18.2. The van der Waals surface area contributed by atoms with Crippen LogP contribution in [0.25, 0.3) is 6.08 Å². The van der Waals surface area contributed by atoms with Gasteiger partial charge in [-0.25, -0.2) is 0 Å². The van der Waals surface area contributed by atoms with Crippen molar-refractivity contribution < 1.29 is 23.0 Å². The van der Waals surface area contributed by atoms with Gasteiger partial charge >= 0.3 is 6.61 Å². The molecule has 6 heteroatoms. The zero-order valence-corrected chi connectivity index (χ0v) is 13.9. The summed E-state index contributed by atoms with van der Waals surface area (Å²) in [4.78, 5) is 12.0. The molecule has 1 amide bonds. The lowest BCUT2D eigenvalue weighted by atomic mass is 9.94. The van der Waals surface area contributed by atoms with Gasteiger partial charge in [-0.05, 0) is 36.6 Å². The molecule has 0 bridgehead atoms. The number of methoxy groups -OCH3 is 1. The number of halogens is 2.